The number of carbonyl (C=O) groups excluding carboxylic acids is 1. The number of hydrogen-bond donors (Lipinski definition) is 2. The van der Waals surface area contributed by atoms with E-state index in [1.165, 1.54) is 0 Å². The van der Waals surface area contributed by atoms with Gasteiger partial charge in [-0.1, -0.05) is 6.92 Å². The van der Waals surface area contributed by atoms with Crippen molar-refractivity contribution in [2.75, 3.05) is 5.75 Å². The van der Waals surface area contributed by atoms with E-state index in [9.17, 15) is 9.59 Å². The summed E-state index contributed by atoms with van der Waals surface area (Å²) in [5.41, 5.74) is 0. The van der Waals surface area contributed by atoms with Gasteiger partial charge in [0.1, 0.15) is 6.04 Å². The zero-order chi connectivity index (χ0) is 9.56. The molecule has 4 nitrogen and oxygen atoms in total. The van der Waals surface area contributed by atoms with Crippen LogP contribution in [0.1, 0.15) is 13.3 Å². The smallest absolute Gasteiger partial charge is 0.719 e. The van der Waals surface area contributed by atoms with E-state index in [-0.39, 0.29) is 69.5 Å². The molecule has 0 saturated heterocycles. The van der Waals surface area contributed by atoms with Crippen molar-refractivity contribution in [2.45, 2.75) is 19.4 Å². The minimum Gasteiger partial charge on any atom is -0.719 e. The molecule has 1 atom stereocenters. The Kier molecular flexibility index (Phi) is 12.6. The summed E-state index contributed by atoms with van der Waals surface area (Å²) in [6.45, 7) is 1.66. The summed E-state index contributed by atoms with van der Waals surface area (Å²) in [4.78, 5) is 21.3. The summed E-state index contributed by atoms with van der Waals surface area (Å²) < 4.78 is 0. The van der Waals surface area contributed by atoms with Gasteiger partial charge >= 0.3 is 57.4 Å². The quantitative estimate of drug-likeness (QED) is 0.311. The third-order valence-corrected chi connectivity index (χ3v) is 2.07. The zero-order valence-corrected chi connectivity index (χ0v) is 12.3. The summed E-state index contributed by atoms with van der Waals surface area (Å²) in [5, 5.41) is 10.9. The van der Waals surface area contributed by atoms with Crippen LogP contribution in [0.25, 0.3) is 0 Å². The van der Waals surface area contributed by atoms with Gasteiger partial charge in [-0.25, -0.2) is 4.79 Å². The Balaban J connectivity index is 0. The van der Waals surface area contributed by atoms with Gasteiger partial charge in [0.15, 0.2) is 0 Å². The van der Waals surface area contributed by atoms with Crippen LogP contribution in [0.4, 0.5) is 0 Å². The second-order valence-electron chi connectivity index (χ2n) is 2.10. The molecule has 0 aromatic carbocycles. The number of nitrogens with one attached hydrogen (secondary N) is 1. The maximum atomic E-state index is 10.8. The van der Waals surface area contributed by atoms with Gasteiger partial charge in [-0.3, -0.25) is 4.79 Å². The van der Waals surface area contributed by atoms with Crippen LogP contribution in [0.2, 0.25) is 0 Å². The molecule has 0 aliphatic carbocycles. The van der Waals surface area contributed by atoms with E-state index in [0.29, 0.717) is 0 Å². The van der Waals surface area contributed by atoms with Gasteiger partial charge in [0.2, 0.25) is 5.91 Å². The minimum atomic E-state index is -1.05. The van der Waals surface area contributed by atoms with E-state index in [1.807, 2.05) is 0 Å². The van der Waals surface area contributed by atoms with Gasteiger partial charge in [0.25, 0.3) is 0 Å². The van der Waals surface area contributed by atoms with E-state index in [4.69, 9.17) is 5.11 Å². The normalized spacial score (nSPS) is 11.2. The van der Waals surface area contributed by atoms with Crippen LogP contribution in [0, 0.1) is 0 Å². The van der Waals surface area contributed by atoms with Crippen molar-refractivity contribution < 1.29 is 66.1 Å². The molecule has 0 rings (SSSR count). The number of rotatable bonds is 5. The first-order chi connectivity index (χ1) is 5.61. The Hall–Kier alpha value is 1.28. The Morgan fingerprint density at radius 1 is 1.62 bits per heavy atom. The molecule has 1 unspecified atom stereocenters. The number of carboxylic acids is 1. The minimum absolute atomic E-state index is 0. The molecular formula is C6H10KNO3S2. The molecule has 7 heteroatoms. The molecule has 0 heterocycles. The fraction of sp³-hybridized carbons (Fsp3) is 0.667. The number of carboxylic acid groups (broad SMARTS) is 1. The summed E-state index contributed by atoms with van der Waals surface area (Å²) in [6.07, 6.45) is 0.284. The van der Waals surface area contributed by atoms with Crippen LogP contribution in [0.3, 0.4) is 0 Å². The Bertz CT molecular complexity index is 177. The molecule has 0 aromatic heterocycles. The number of aliphatic carboxylic acids is 1. The summed E-state index contributed by atoms with van der Waals surface area (Å²) in [7, 11) is 0.978. The average molecular weight is 247 g/mol. The molecule has 0 saturated carbocycles. The molecule has 0 spiro atoms. The molecule has 0 fully saturated rings. The van der Waals surface area contributed by atoms with Crippen LogP contribution in [0.5, 0.6) is 0 Å². The predicted octanol–water partition coefficient (Wildman–Crippen LogP) is -2.84. The molecule has 13 heavy (non-hydrogen) atoms. The van der Waals surface area contributed by atoms with Crippen molar-refractivity contribution in [3.05, 3.63) is 0 Å². The second kappa shape index (κ2) is 9.82. The maximum absolute atomic E-state index is 10.8. The van der Waals surface area contributed by atoms with Gasteiger partial charge in [-0.05, 0) is 0 Å². The fourth-order valence-corrected chi connectivity index (χ4v) is 1.31. The van der Waals surface area contributed by atoms with E-state index in [1.54, 1.807) is 6.92 Å². The van der Waals surface area contributed by atoms with Gasteiger partial charge in [0, 0.05) is 12.2 Å². The van der Waals surface area contributed by atoms with Crippen LogP contribution in [-0.4, -0.2) is 28.8 Å². The van der Waals surface area contributed by atoms with E-state index >= 15 is 0 Å². The molecule has 1 amide bonds. The Morgan fingerprint density at radius 2 is 2.15 bits per heavy atom. The SMILES string of the molecule is CCC(=O)NC(CS[S-])C(=O)O.[K+]. The summed E-state index contributed by atoms with van der Waals surface area (Å²) >= 11 is 4.54. The molecular weight excluding hydrogens is 237 g/mol. The maximum Gasteiger partial charge on any atom is 1.00 e. The monoisotopic (exact) mass is 247 g/mol. The first kappa shape index (κ1) is 16.7. The Morgan fingerprint density at radius 3 is 2.46 bits per heavy atom. The van der Waals surface area contributed by atoms with E-state index in [2.05, 4.69) is 17.0 Å². The van der Waals surface area contributed by atoms with Crippen LogP contribution in [-0.2, 0) is 21.2 Å². The van der Waals surface area contributed by atoms with E-state index < -0.39 is 12.0 Å². The first-order valence-electron chi connectivity index (χ1n) is 3.38. The molecule has 0 aliphatic rings. The van der Waals surface area contributed by atoms with Gasteiger partial charge < -0.3 is 32.9 Å². The molecule has 70 valence electrons. The van der Waals surface area contributed by atoms with Crippen LogP contribution < -0.4 is 56.7 Å². The van der Waals surface area contributed by atoms with Crippen LogP contribution in [0.15, 0.2) is 0 Å². The molecule has 0 aliphatic heterocycles. The standard InChI is InChI=1S/C6H11NO3S2.K/c1-2-5(8)7-4(3-12-11)6(9)10;/h4,11H,2-3H2,1H3,(H,7,8)(H,9,10);/q;+1/p-1. The van der Waals surface area contributed by atoms with Gasteiger partial charge in [-0.15, -0.1) is 0 Å². The average Bonchev–Trinajstić information content (AvgIpc) is 2.03. The van der Waals surface area contributed by atoms with Crippen molar-refractivity contribution in [1.82, 2.24) is 5.32 Å². The Labute approximate surface area is 129 Å². The fourth-order valence-electron chi connectivity index (χ4n) is 0.539. The molecule has 0 bridgehead atoms. The third kappa shape index (κ3) is 8.28. The van der Waals surface area contributed by atoms with E-state index in [0.717, 1.165) is 10.8 Å². The summed E-state index contributed by atoms with van der Waals surface area (Å²) in [6, 6.07) is -0.861. The van der Waals surface area contributed by atoms with Crippen molar-refractivity contribution in [3.63, 3.8) is 0 Å². The predicted molar refractivity (Wildman–Crippen MR) is 49.7 cm³/mol. The van der Waals surface area contributed by atoms with Crippen molar-refractivity contribution in [2.24, 2.45) is 0 Å². The van der Waals surface area contributed by atoms with Gasteiger partial charge in [0.05, 0.1) is 0 Å². The third-order valence-electron chi connectivity index (χ3n) is 1.19. The zero-order valence-electron chi connectivity index (χ0n) is 7.57. The number of carbonyl (C=O) groups is 2. The topological polar surface area (TPSA) is 66.4 Å². The molecule has 0 aromatic rings. The summed E-state index contributed by atoms with van der Waals surface area (Å²) in [5.74, 6) is -1.10. The van der Waals surface area contributed by atoms with Crippen LogP contribution >= 0.6 is 10.8 Å². The number of hydrogen-bond acceptors (Lipinski definition) is 4. The van der Waals surface area contributed by atoms with Crippen molar-refractivity contribution >= 4 is 34.3 Å². The number of amides is 1. The molecule has 0 radical (unpaired) electrons. The van der Waals surface area contributed by atoms with Gasteiger partial charge in [-0.2, -0.15) is 0 Å². The van der Waals surface area contributed by atoms with Crippen molar-refractivity contribution in [3.8, 4) is 0 Å². The first-order valence-corrected chi connectivity index (χ1v) is 5.29. The molecule has 2 N–H and O–H groups in total. The van der Waals surface area contributed by atoms with Crippen molar-refractivity contribution in [1.29, 1.82) is 0 Å². The largest absolute Gasteiger partial charge is 1.00 e. The second-order valence-corrected chi connectivity index (χ2v) is 3.37.